The smallest absolute Gasteiger partial charge is 0.326 e. The van der Waals surface area contributed by atoms with E-state index in [2.05, 4.69) is 47.5 Å². The first-order valence-corrected chi connectivity index (χ1v) is 31.6. The van der Waals surface area contributed by atoms with Crippen LogP contribution in [0, 0.1) is 17.7 Å². The topological polar surface area (TPSA) is 459 Å². The van der Waals surface area contributed by atoms with Crippen LogP contribution < -0.4 is 59.7 Å². The highest BCUT2D eigenvalue weighted by Gasteiger charge is 2.41. The highest BCUT2D eigenvalue weighted by atomic mass is 19.1. The number of amides is 10. The molecule has 4 aromatic carbocycles. The molecule has 0 saturated carbocycles. The van der Waals surface area contributed by atoms with Crippen LogP contribution in [0.25, 0.3) is 10.9 Å². The number of aromatic hydroxyl groups is 1. The minimum Gasteiger partial charge on any atom is -0.508 e. The SMILES string of the molecule is CC(C)C[C@H](NC(=O)[C@H](CCCN)NC(=O)[C@@H](N)C(C)C)C(=O)N[C@@H](Cc1ccc(O)cc1)C(=O)N1CCC[C@H]1C(=O)N[C@@H](Cc1c[nH]c2ccccc12)C(=O)N[C@@H](Cc1ccccc1)C(=O)N[C@@H](CC(N)=O)C(=O)N[C@@H](CC(=O)O)C(=O)N[C@@H](Cc1ccc(F)cc1)C(=O)O. The number of carbonyl (C=O) groups excluding carboxylic acids is 10. The van der Waals surface area contributed by atoms with E-state index in [0.29, 0.717) is 34.0 Å². The van der Waals surface area contributed by atoms with Gasteiger partial charge < -0.3 is 84.9 Å². The number of aliphatic carboxylic acids is 2. The van der Waals surface area contributed by atoms with E-state index in [1.807, 2.05) is 13.8 Å². The third-order valence-corrected chi connectivity index (χ3v) is 16.2. The zero-order valence-electron chi connectivity index (χ0n) is 53.8. The molecule has 1 aliphatic rings. The predicted molar refractivity (Wildman–Crippen MR) is 349 cm³/mol. The van der Waals surface area contributed by atoms with Crippen molar-refractivity contribution in [3.63, 3.8) is 0 Å². The Morgan fingerprint density at radius 1 is 0.573 bits per heavy atom. The van der Waals surface area contributed by atoms with Crippen LogP contribution in [0.5, 0.6) is 5.75 Å². The summed E-state index contributed by atoms with van der Waals surface area (Å²) in [5.74, 6) is -13.7. The number of aromatic amines is 1. The summed E-state index contributed by atoms with van der Waals surface area (Å²) in [6, 6.07) is 11.0. The number of carbonyl (C=O) groups is 12. The number of hydrogen-bond acceptors (Lipinski definition) is 15. The van der Waals surface area contributed by atoms with Gasteiger partial charge in [0.15, 0.2) is 0 Å². The summed E-state index contributed by atoms with van der Waals surface area (Å²) in [7, 11) is 0. The first-order valence-electron chi connectivity index (χ1n) is 31.6. The van der Waals surface area contributed by atoms with Crippen LogP contribution in [0.15, 0.2) is 109 Å². The Morgan fingerprint density at radius 3 is 1.66 bits per heavy atom. The van der Waals surface area contributed by atoms with Crippen LogP contribution >= 0.6 is 0 Å². The normalized spacial score (nSPS) is 15.7. The quantitative estimate of drug-likeness (QED) is 0.0257. The van der Waals surface area contributed by atoms with Gasteiger partial charge in [0.1, 0.15) is 65.9 Å². The number of benzene rings is 4. The van der Waals surface area contributed by atoms with Crippen molar-refractivity contribution in [1.29, 1.82) is 0 Å². The number of halogens is 1. The largest absolute Gasteiger partial charge is 0.508 e. The lowest BCUT2D eigenvalue weighted by Crippen LogP contribution is -2.61. The predicted octanol–water partition coefficient (Wildman–Crippen LogP) is 0.356. The van der Waals surface area contributed by atoms with Crippen molar-refractivity contribution in [2.24, 2.45) is 29.0 Å². The summed E-state index contributed by atoms with van der Waals surface area (Å²) in [4.78, 5) is 171. The number of carboxylic acids is 2. The zero-order chi connectivity index (χ0) is 70.3. The Kier molecular flexibility index (Phi) is 27.9. The van der Waals surface area contributed by atoms with Crippen molar-refractivity contribution in [1.82, 2.24) is 52.4 Å². The van der Waals surface area contributed by atoms with Crippen molar-refractivity contribution in [2.75, 3.05) is 13.1 Å². The summed E-state index contributed by atoms with van der Waals surface area (Å²) in [5, 5.41) is 51.1. The average Bonchev–Trinajstić information content (AvgIpc) is 1.60. The number of hydrogen-bond donors (Lipinski definition) is 15. The number of aromatic nitrogens is 1. The van der Waals surface area contributed by atoms with Crippen LogP contribution in [-0.2, 0) is 83.2 Å². The molecule has 2 heterocycles. The zero-order valence-corrected chi connectivity index (χ0v) is 53.8. The highest BCUT2D eigenvalue weighted by molar-refractivity contribution is 6.00. The molecule has 10 atom stereocenters. The number of phenolic OH excluding ortho intramolecular Hbond substituents is 1. The maximum absolute atomic E-state index is 15.2. The van der Waals surface area contributed by atoms with E-state index in [9.17, 15) is 62.9 Å². The second-order valence-electron chi connectivity index (χ2n) is 24.6. The lowest BCUT2D eigenvalue weighted by atomic mass is 9.99. The molecule has 96 heavy (non-hydrogen) atoms. The van der Waals surface area contributed by atoms with Gasteiger partial charge in [-0.1, -0.05) is 100 Å². The number of carboxylic acid groups (broad SMARTS) is 2. The minimum atomic E-state index is -2.01. The molecule has 0 aliphatic carbocycles. The number of para-hydroxylation sites is 1. The van der Waals surface area contributed by atoms with Gasteiger partial charge in [0.2, 0.25) is 59.1 Å². The van der Waals surface area contributed by atoms with E-state index in [4.69, 9.17) is 17.2 Å². The molecule has 18 N–H and O–H groups in total. The summed E-state index contributed by atoms with van der Waals surface area (Å²) in [6.45, 7) is 7.33. The maximum atomic E-state index is 15.2. The first kappa shape index (κ1) is 74.7. The van der Waals surface area contributed by atoms with Crippen molar-refractivity contribution in [2.45, 2.75) is 159 Å². The van der Waals surface area contributed by atoms with Gasteiger partial charge in [-0.25, -0.2) is 9.18 Å². The monoisotopic (exact) mass is 1330 g/mol. The molecule has 29 heteroatoms. The molecule has 0 radical (unpaired) electrons. The van der Waals surface area contributed by atoms with Crippen LogP contribution in [0.3, 0.4) is 0 Å². The summed E-state index contributed by atoms with van der Waals surface area (Å²) >= 11 is 0. The highest BCUT2D eigenvalue weighted by Crippen LogP contribution is 2.24. The molecule has 1 aliphatic heterocycles. The molecule has 28 nitrogen and oxygen atoms in total. The molecular formula is C67H86FN13O15. The Hall–Kier alpha value is -10.3. The third kappa shape index (κ3) is 22.5. The van der Waals surface area contributed by atoms with E-state index in [1.165, 1.54) is 29.2 Å². The van der Waals surface area contributed by atoms with Crippen LogP contribution in [0.2, 0.25) is 0 Å². The van der Waals surface area contributed by atoms with Gasteiger partial charge in [0, 0.05) is 49.3 Å². The fourth-order valence-electron chi connectivity index (χ4n) is 11.0. The first-order chi connectivity index (χ1) is 45.6. The average molecular weight is 1330 g/mol. The number of nitrogens with one attached hydrogen (secondary N) is 9. The molecule has 6 rings (SSSR count). The van der Waals surface area contributed by atoms with Gasteiger partial charge in [-0.15, -0.1) is 0 Å². The molecule has 0 bridgehead atoms. The van der Waals surface area contributed by atoms with Crippen molar-refractivity contribution in [3.05, 3.63) is 137 Å². The van der Waals surface area contributed by atoms with E-state index < -0.39 is 150 Å². The second kappa shape index (κ2) is 35.8. The van der Waals surface area contributed by atoms with E-state index in [-0.39, 0.29) is 87.6 Å². The molecule has 0 unspecified atom stereocenters. The van der Waals surface area contributed by atoms with Crippen LogP contribution in [-0.4, -0.2) is 170 Å². The van der Waals surface area contributed by atoms with Gasteiger partial charge >= 0.3 is 11.9 Å². The van der Waals surface area contributed by atoms with E-state index in [0.717, 1.165) is 12.1 Å². The number of nitrogens with zero attached hydrogens (tertiary/aromatic N) is 1. The van der Waals surface area contributed by atoms with Gasteiger partial charge in [0.05, 0.1) is 18.9 Å². The van der Waals surface area contributed by atoms with Crippen LogP contribution in [0.4, 0.5) is 4.39 Å². The number of primary amides is 1. The number of H-pyrrole nitrogens is 1. The molecule has 1 aromatic heterocycles. The lowest BCUT2D eigenvalue weighted by molar-refractivity contribution is -0.144. The number of phenols is 1. The number of likely N-dealkylation sites (tertiary alicyclic amines) is 1. The fraction of sp³-hybridized carbons (Fsp3) is 0.433. The van der Waals surface area contributed by atoms with Crippen LogP contribution in [0.1, 0.15) is 94.9 Å². The molecule has 10 amide bonds. The summed E-state index contributed by atoms with van der Waals surface area (Å²) < 4.78 is 13.6. The van der Waals surface area contributed by atoms with Crippen molar-refractivity contribution >= 4 is 81.9 Å². The van der Waals surface area contributed by atoms with E-state index >= 15 is 14.4 Å². The summed E-state index contributed by atoms with van der Waals surface area (Å²) in [5.41, 5.74) is 19.9. The Morgan fingerprint density at radius 2 is 1.06 bits per heavy atom. The van der Waals surface area contributed by atoms with E-state index in [1.54, 1.807) is 86.8 Å². The lowest BCUT2D eigenvalue weighted by Gasteiger charge is -2.31. The van der Waals surface area contributed by atoms with Gasteiger partial charge in [-0.05, 0) is 103 Å². The number of fused-ring (bicyclic) bond motifs is 1. The molecule has 516 valence electrons. The van der Waals surface area contributed by atoms with Gasteiger partial charge in [-0.3, -0.25) is 52.7 Å². The molecule has 0 spiro atoms. The molecule has 5 aromatic rings. The standard InChI is InChI=1S/C67H86FN13O15/c1-36(2)28-47(74-58(86)46(16-10-26-69)73-65(93)57(71)37(3)4)59(87)79-52(30-40-20-24-43(82)25-21-40)66(94)81-27-11-17-54(81)64(92)78-49(32-41-35-72-45-15-9-8-14-44(41)45)61(89)75-48(29-38-12-6-5-7-13-38)60(88)76-50(33-55(70)83)62(90)77-51(34-56(84)85)63(91)80-53(67(95)96)31-39-18-22-42(68)23-19-39/h5-9,12-15,18-25,35-37,46-54,57,72,82H,10-11,16-17,26-34,69,71H2,1-4H3,(H2,70,83)(H,73,93)(H,74,86)(H,75,89)(H,76,88)(H,77,90)(H,78,92)(H,79,87)(H,80,91)(H,84,85)(H,95,96)/t46-,47-,48-,49-,50-,51-,52-,53-,54-,57-/m0/s1. The minimum absolute atomic E-state index is 0.00679. The number of rotatable bonds is 36. The van der Waals surface area contributed by atoms with Gasteiger partial charge in [-0.2, -0.15) is 0 Å². The van der Waals surface area contributed by atoms with Crippen molar-refractivity contribution in [3.8, 4) is 5.75 Å². The Bertz CT molecular complexity index is 3550. The molecule has 1 saturated heterocycles. The Labute approximate surface area is 553 Å². The summed E-state index contributed by atoms with van der Waals surface area (Å²) in [6.07, 6.45) is -0.588. The molecular weight excluding hydrogens is 1250 g/mol. The third-order valence-electron chi connectivity index (χ3n) is 16.2. The molecule has 1 fully saturated rings. The van der Waals surface area contributed by atoms with Crippen molar-refractivity contribution < 1.29 is 77.2 Å². The fourth-order valence-corrected chi connectivity index (χ4v) is 11.0. The number of nitrogens with two attached hydrogens (primary N) is 3. The second-order valence-corrected chi connectivity index (χ2v) is 24.6. The Balaban J connectivity index is 1.28. The van der Waals surface area contributed by atoms with Gasteiger partial charge in [0.25, 0.3) is 0 Å². The maximum Gasteiger partial charge on any atom is 0.326 e.